The summed E-state index contributed by atoms with van der Waals surface area (Å²) in [5, 5.41) is 9.96. The van der Waals surface area contributed by atoms with Crippen molar-refractivity contribution in [3.63, 3.8) is 0 Å². The lowest BCUT2D eigenvalue weighted by Crippen LogP contribution is -2.01. The average Bonchev–Trinajstić information content (AvgIpc) is 2.56. The fraction of sp³-hybridized carbons (Fsp3) is 0.0588. The predicted octanol–water partition coefficient (Wildman–Crippen LogP) is 4.53. The molecule has 24 heavy (non-hydrogen) atoms. The minimum Gasteiger partial charge on any atom is -0.496 e. The largest absolute Gasteiger partial charge is 0.496 e. The second-order valence-electron chi connectivity index (χ2n) is 4.86. The molecule has 5 nitrogen and oxygen atoms in total. The van der Waals surface area contributed by atoms with Crippen LogP contribution in [-0.2, 0) is 0 Å². The molecular formula is C17H11ClFNO4. The number of halogens is 2. The SMILES string of the molecule is COc1cc2nccc(Oc3ccc(Cl)cc3F)c2cc1C(=O)O. The molecule has 1 N–H and O–H groups in total. The van der Waals surface area contributed by atoms with Crippen LogP contribution in [0.3, 0.4) is 0 Å². The zero-order chi connectivity index (χ0) is 17.3. The minimum absolute atomic E-state index is 0.0282. The molecule has 0 atom stereocenters. The number of benzene rings is 2. The van der Waals surface area contributed by atoms with Crippen LogP contribution in [0.2, 0.25) is 5.02 Å². The summed E-state index contributed by atoms with van der Waals surface area (Å²) in [4.78, 5) is 15.5. The van der Waals surface area contributed by atoms with Gasteiger partial charge in [0.2, 0.25) is 0 Å². The van der Waals surface area contributed by atoms with E-state index >= 15 is 0 Å². The normalized spacial score (nSPS) is 10.6. The smallest absolute Gasteiger partial charge is 0.339 e. The fourth-order valence-electron chi connectivity index (χ4n) is 2.25. The van der Waals surface area contributed by atoms with Gasteiger partial charge in [-0.2, -0.15) is 0 Å². The molecule has 0 aliphatic heterocycles. The Bertz CT molecular complexity index is 945. The van der Waals surface area contributed by atoms with E-state index in [9.17, 15) is 14.3 Å². The number of hydrogen-bond donors (Lipinski definition) is 1. The number of fused-ring (bicyclic) bond motifs is 1. The summed E-state index contributed by atoms with van der Waals surface area (Å²) in [7, 11) is 1.37. The van der Waals surface area contributed by atoms with E-state index in [-0.39, 0.29) is 27.8 Å². The van der Waals surface area contributed by atoms with Crippen molar-refractivity contribution in [3.8, 4) is 17.2 Å². The van der Waals surface area contributed by atoms with Gasteiger partial charge in [-0.15, -0.1) is 0 Å². The molecule has 0 amide bonds. The Balaban J connectivity index is 2.14. The van der Waals surface area contributed by atoms with Gasteiger partial charge in [0.05, 0.1) is 12.6 Å². The molecule has 0 radical (unpaired) electrons. The van der Waals surface area contributed by atoms with E-state index in [1.165, 1.54) is 43.6 Å². The molecule has 2 aromatic carbocycles. The third-order valence-electron chi connectivity index (χ3n) is 3.37. The summed E-state index contributed by atoms with van der Waals surface area (Å²) in [6.45, 7) is 0. The van der Waals surface area contributed by atoms with Crippen molar-refractivity contribution in [1.82, 2.24) is 4.98 Å². The Morgan fingerprint density at radius 3 is 2.62 bits per heavy atom. The highest BCUT2D eigenvalue weighted by Crippen LogP contribution is 2.34. The fourth-order valence-corrected chi connectivity index (χ4v) is 2.41. The van der Waals surface area contributed by atoms with Crippen molar-refractivity contribution in [2.24, 2.45) is 0 Å². The molecule has 0 unspecified atom stereocenters. The highest BCUT2D eigenvalue weighted by atomic mass is 35.5. The first-order valence-electron chi connectivity index (χ1n) is 6.82. The first-order valence-corrected chi connectivity index (χ1v) is 7.20. The molecule has 0 fully saturated rings. The average molecular weight is 348 g/mol. The van der Waals surface area contributed by atoms with Crippen LogP contribution in [0, 0.1) is 5.82 Å². The number of carbonyl (C=O) groups is 1. The van der Waals surface area contributed by atoms with Crippen molar-refractivity contribution in [1.29, 1.82) is 0 Å². The third kappa shape index (κ3) is 2.96. The lowest BCUT2D eigenvalue weighted by Gasteiger charge is -2.12. The van der Waals surface area contributed by atoms with Crippen LogP contribution in [-0.4, -0.2) is 23.2 Å². The molecule has 0 saturated carbocycles. The Labute approximate surface area is 141 Å². The molecule has 0 aliphatic carbocycles. The first-order chi connectivity index (χ1) is 11.5. The van der Waals surface area contributed by atoms with Crippen LogP contribution in [0.25, 0.3) is 10.9 Å². The second-order valence-corrected chi connectivity index (χ2v) is 5.30. The minimum atomic E-state index is -1.15. The van der Waals surface area contributed by atoms with E-state index in [0.717, 1.165) is 6.07 Å². The molecular weight excluding hydrogens is 337 g/mol. The van der Waals surface area contributed by atoms with Crippen molar-refractivity contribution in [2.45, 2.75) is 0 Å². The number of hydrogen-bond acceptors (Lipinski definition) is 4. The molecule has 0 saturated heterocycles. The summed E-state index contributed by atoms with van der Waals surface area (Å²) in [6.07, 6.45) is 1.48. The summed E-state index contributed by atoms with van der Waals surface area (Å²) in [5.41, 5.74) is 0.420. The van der Waals surface area contributed by atoms with Gasteiger partial charge in [-0.1, -0.05) is 11.6 Å². The van der Waals surface area contributed by atoms with Crippen molar-refractivity contribution >= 4 is 28.5 Å². The van der Waals surface area contributed by atoms with Gasteiger partial charge in [0.15, 0.2) is 11.6 Å². The van der Waals surface area contributed by atoms with Crippen molar-refractivity contribution < 1.29 is 23.8 Å². The lowest BCUT2D eigenvalue weighted by atomic mass is 10.1. The van der Waals surface area contributed by atoms with E-state index in [1.807, 2.05) is 0 Å². The van der Waals surface area contributed by atoms with Crippen LogP contribution < -0.4 is 9.47 Å². The molecule has 7 heteroatoms. The highest BCUT2D eigenvalue weighted by molar-refractivity contribution is 6.30. The molecule has 3 rings (SSSR count). The number of pyridine rings is 1. The molecule has 122 valence electrons. The van der Waals surface area contributed by atoms with Gasteiger partial charge < -0.3 is 14.6 Å². The van der Waals surface area contributed by atoms with Gasteiger partial charge in [0.25, 0.3) is 0 Å². The van der Waals surface area contributed by atoms with Gasteiger partial charge >= 0.3 is 5.97 Å². The summed E-state index contributed by atoms with van der Waals surface area (Å²) in [5.74, 6) is -1.36. The van der Waals surface area contributed by atoms with Gasteiger partial charge in [0.1, 0.15) is 17.1 Å². The zero-order valence-electron chi connectivity index (χ0n) is 12.4. The van der Waals surface area contributed by atoms with E-state index in [2.05, 4.69) is 4.98 Å². The maximum Gasteiger partial charge on any atom is 0.339 e. The molecule has 0 bridgehead atoms. The number of methoxy groups -OCH3 is 1. The first kappa shape index (κ1) is 16.0. The van der Waals surface area contributed by atoms with Crippen LogP contribution in [0.1, 0.15) is 10.4 Å². The van der Waals surface area contributed by atoms with E-state index < -0.39 is 11.8 Å². The molecule has 0 aliphatic rings. The van der Waals surface area contributed by atoms with Crippen LogP contribution in [0.5, 0.6) is 17.2 Å². The van der Waals surface area contributed by atoms with E-state index in [1.54, 1.807) is 0 Å². The van der Waals surface area contributed by atoms with E-state index in [4.69, 9.17) is 21.1 Å². The Morgan fingerprint density at radius 1 is 1.17 bits per heavy atom. The number of rotatable bonds is 4. The zero-order valence-corrected chi connectivity index (χ0v) is 13.2. The summed E-state index contributed by atoms with van der Waals surface area (Å²) >= 11 is 5.72. The van der Waals surface area contributed by atoms with Crippen LogP contribution in [0.4, 0.5) is 4.39 Å². The number of ether oxygens (including phenoxy) is 2. The predicted molar refractivity (Wildman–Crippen MR) is 86.7 cm³/mol. The maximum atomic E-state index is 13.9. The van der Waals surface area contributed by atoms with Gasteiger partial charge in [-0.05, 0) is 30.3 Å². The third-order valence-corrected chi connectivity index (χ3v) is 3.60. The second kappa shape index (κ2) is 6.33. The summed E-state index contributed by atoms with van der Waals surface area (Å²) < 4.78 is 24.6. The number of nitrogens with zero attached hydrogens (tertiary/aromatic N) is 1. The van der Waals surface area contributed by atoms with Crippen LogP contribution >= 0.6 is 11.6 Å². The Kier molecular flexibility index (Phi) is 4.22. The highest BCUT2D eigenvalue weighted by Gasteiger charge is 2.16. The molecule has 1 aromatic heterocycles. The van der Waals surface area contributed by atoms with Crippen molar-refractivity contribution in [3.05, 3.63) is 59.0 Å². The number of aromatic carboxylic acids is 1. The number of carboxylic acid groups (broad SMARTS) is 1. The van der Waals surface area contributed by atoms with Crippen molar-refractivity contribution in [2.75, 3.05) is 7.11 Å². The molecule has 0 spiro atoms. The summed E-state index contributed by atoms with van der Waals surface area (Å²) in [6, 6.07) is 8.41. The van der Waals surface area contributed by atoms with Gasteiger partial charge in [-0.25, -0.2) is 9.18 Å². The van der Waals surface area contributed by atoms with Gasteiger partial charge in [-0.3, -0.25) is 4.98 Å². The molecule has 3 aromatic rings. The number of carboxylic acids is 1. The number of aromatic nitrogens is 1. The monoisotopic (exact) mass is 347 g/mol. The standard InChI is InChI=1S/C17H11ClFNO4/c1-23-16-8-13-10(7-11(16)17(21)22)14(4-5-20-13)24-15-3-2-9(18)6-12(15)19/h2-8H,1H3,(H,21,22). The maximum absolute atomic E-state index is 13.9. The lowest BCUT2D eigenvalue weighted by molar-refractivity contribution is 0.0693. The quantitative estimate of drug-likeness (QED) is 0.751. The Morgan fingerprint density at radius 2 is 1.96 bits per heavy atom. The topological polar surface area (TPSA) is 68.7 Å². The van der Waals surface area contributed by atoms with E-state index in [0.29, 0.717) is 10.9 Å². The molecule has 1 heterocycles. The Hall–Kier alpha value is -2.86. The van der Waals surface area contributed by atoms with Crippen LogP contribution in [0.15, 0.2) is 42.6 Å². The van der Waals surface area contributed by atoms with Gasteiger partial charge in [0, 0.05) is 22.7 Å².